The largest absolute Gasteiger partial charge is 0.455 e. The van der Waals surface area contributed by atoms with E-state index in [1.165, 1.54) is 0 Å². The lowest BCUT2D eigenvalue weighted by atomic mass is 10.0. The zero-order chi connectivity index (χ0) is 36.7. The minimum absolute atomic E-state index is 0.875. The Hall–Kier alpha value is -7.70. The van der Waals surface area contributed by atoms with Crippen molar-refractivity contribution in [3.8, 4) is 16.8 Å². The first-order valence-corrected chi connectivity index (χ1v) is 18.7. The number of fused-ring (bicyclic) bond motifs is 11. The van der Waals surface area contributed by atoms with Gasteiger partial charge in [0.25, 0.3) is 0 Å². The number of nitrogens with zero attached hydrogens (tertiary/aromatic N) is 4. The Bertz CT molecular complexity index is 3300. The van der Waals surface area contributed by atoms with Gasteiger partial charge in [-0.3, -0.25) is 0 Å². The molecule has 56 heavy (non-hydrogen) atoms. The van der Waals surface area contributed by atoms with Gasteiger partial charge in [0.05, 0.1) is 5.69 Å². The van der Waals surface area contributed by atoms with Crippen LogP contribution in [0.5, 0.6) is 0 Å². The van der Waals surface area contributed by atoms with Crippen molar-refractivity contribution in [3.63, 3.8) is 0 Å². The van der Waals surface area contributed by atoms with Crippen LogP contribution in [-0.4, -0.2) is 15.0 Å². The summed E-state index contributed by atoms with van der Waals surface area (Å²) in [6.07, 6.45) is 0. The molecule has 6 nitrogen and oxygen atoms in total. The highest BCUT2D eigenvalue weighted by atomic mass is 16.3. The Morgan fingerprint density at radius 3 is 1.36 bits per heavy atom. The molecule has 0 saturated heterocycles. The fourth-order valence-electron chi connectivity index (χ4n) is 8.29. The third kappa shape index (κ3) is 4.76. The van der Waals surface area contributed by atoms with Crippen molar-refractivity contribution in [1.82, 2.24) is 15.0 Å². The predicted molar refractivity (Wildman–Crippen MR) is 229 cm³/mol. The number of rotatable bonds is 5. The molecule has 6 heteroatoms. The molecule has 0 amide bonds. The van der Waals surface area contributed by atoms with Gasteiger partial charge in [0.2, 0.25) is 0 Å². The maximum atomic E-state index is 6.41. The van der Waals surface area contributed by atoms with E-state index in [9.17, 15) is 0 Å². The fraction of sp³-hybridized carbons (Fsp3) is 0. The van der Waals surface area contributed by atoms with Crippen LogP contribution >= 0.6 is 0 Å². The van der Waals surface area contributed by atoms with Crippen LogP contribution in [0.4, 0.5) is 17.1 Å². The van der Waals surface area contributed by atoms with E-state index in [1.54, 1.807) is 4.80 Å². The quantitative estimate of drug-likeness (QED) is 0.177. The minimum Gasteiger partial charge on any atom is -0.455 e. The van der Waals surface area contributed by atoms with Gasteiger partial charge in [-0.1, -0.05) is 84.9 Å². The van der Waals surface area contributed by atoms with Crippen LogP contribution in [0.25, 0.3) is 93.3 Å². The molecule has 0 saturated carbocycles. The van der Waals surface area contributed by atoms with E-state index in [2.05, 4.69) is 149 Å². The Kier molecular flexibility index (Phi) is 6.53. The summed E-state index contributed by atoms with van der Waals surface area (Å²) >= 11 is 0. The highest BCUT2D eigenvalue weighted by molar-refractivity contribution is 6.17. The lowest BCUT2D eigenvalue weighted by Gasteiger charge is -2.26. The molecule has 12 rings (SSSR count). The smallest absolute Gasteiger partial charge is 0.143 e. The minimum atomic E-state index is 0.875. The molecule has 0 radical (unpaired) electrons. The molecule has 0 spiro atoms. The number of furan rings is 2. The summed E-state index contributed by atoms with van der Waals surface area (Å²) in [5.74, 6) is 0. The zero-order valence-corrected chi connectivity index (χ0v) is 29.9. The maximum Gasteiger partial charge on any atom is 0.143 e. The number of anilines is 3. The van der Waals surface area contributed by atoms with Crippen molar-refractivity contribution in [1.29, 1.82) is 0 Å². The van der Waals surface area contributed by atoms with E-state index < -0.39 is 0 Å². The van der Waals surface area contributed by atoms with Crippen molar-refractivity contribution in [3.05, 3.63) is 182 Å². The summed E-state index contributed by atoms with van der Waals surface area (Å²) in [6, 6.07) is 63.6. The normalized spacial score (nSPS) is 11.9. The highest BCUT2D eigenvalue weighted by Gasteiger charge is 2.18. The SMILES string of the molecule is c1ccc2nn(-c3ccc(-c4ccc(N(c5ccc6c(ccc7c8ccccc8oc67)c5)c5ccc6c(ccc7c8ccccc8oc67)c5)cc4)cc3)nc2c1. The lowest BCUT2D eigenvalue weighted by molar-refractivity contribution is 0.672. The molecule has 0 N–H and O–H groups in total. The Morgan fingerprint density at radius 1 is 0.375 bits per heavy atom. The van der Waals surface area contributed by atoms with Crippen LogP contribution in [0.2, 0.25) is 0 Å². The molecular formula is C50H30N4O2. The molecular weight excluding hydrogens is 689 g/mol. The molecule has 0 bridgehead atoms. The number of hydrogen-bond donors (Lipinski definition) is 0. The second-order valence-electron chi connectivity index (χ2n) is 14.3. The Balaban J connectivity index is 0.964. The number of para-hydroxylation sites is 2. The van der Waals surface area contributed by atoms with Crippen molar-refractivity contribution in [2.24, 2.45) is 0 Å². The zero-order valence-electron chi connectivity index (χ0n) is 29.9. The first-order valence-electron chi connectivity index (χ1n) is 18.7. The van der Waals surface area contributed by atoms with E-state index in [0.717, 1.165) is 110 Å². The van der Waals surface area contributed by atoms with Gasteiger partial charge in [-0.25, -0.2) is 0 Å². The van der Waals surface area contributed by atoms with Crippen LogP contribution in [0.3, 0.4) is 0 Å². The van der Waals surface area contributed by atoms with Crippen LogP contribution < -0.4 is 4.90 Å². The summed E-state index contributed by atoms with van der Waals surface area (Å²) in [7, 11) is 0. The molecule has 0 aliphatic carbocycles. The first-order chi connectivity index (χ1) is 27.7. The van der Waals surface area contributed by atoms with Gasteiger partial charge in [0.15, 0.2) is 0 Å². The van der Waals surface area contributed by atoms with Crippen LogP contribution in [-0.2, 0) is 0 Å². The van der Waals surface area contributed by atoms with Crippen LogP contribution in [0.15, 0.2) is 191 Å². The molecule has 0 fully saturated rings. The number of aromatic nitrogens is 3. The van der Waals surface area contributed by atoms with Gasteiger partial charge < -0.3 is 13.7 Å². The molecule has 0 aliphatic heterocycles. The standard InChI is InChI=1S/C50H30N4O2/c1-5-11-47-41(7-1)43-25-17-33-29-37(23-27-39(33)49(43)55-47)53(38-24-28-40-34(30-38)18-26-44-42-8-2-6-12-48(42)56-50(40)44)35-19-13-31(14-20-35)32-15-21-36(22-16-32)54-51-45-9-3-4-10-46(45)52-54/h1-30H. The highest BCUT2D eigenvalue weighted by Crippen LogP contribution is 2.42. The van der Waals surface area contributed by atoms with Crippen molar-refractivity contribution in [2.75, 3.05) is 4.90 Å². The fourth-order valence-corrected chi connectivity index (χ4v) is 8.29. The van der Waals surface area contributed by atoms with Crippen LogP contribution in [0, 0.1) is 0 Å². The molecule has 0 aliphatic rings. The second kappa shape index (κ2) is 11.9. The van der Waals surface area contributed by atoms with E-state index >= 15 is 0 Å². The van der Waals surface area contributed by atoms with E-state index in [0.29, 0.717) is 0 Å². The molecule has 0 atom stereocenters. The molecule has 3 aromatic heterocycles. The molecule has 9 aromatic carbocycles. The topological polar surface area (TPSA) is 60.2 Å². The maximum absolute atomic E-state index is 6.41. The van der Waals surface area contributed by atoms with E-state index in [4.69, 9.17) is 8.83 Å². The third-order valence-corrected chi connectivity index (χ3v) is 11.0. The van der Waals surface area contributed by atoms with Gasteiger partial charge in [-0.05, 0) is 119 Å². The second-order valence-corrected chi connectivity index (χ2v) is 14.3. The van der Waals surface area contributed by atoms with E-state index in [-0.39, 0.29) is 0 Å². The van der Waals surface area contributed by atoms with E-state index in [1.807, 2.05) is 48.5 Å². The van der Waals surface area contributed by atoms with Crippen molar-refractivity contribution >= 4 is 93.5 Å². The van der Waals surface area contributed by atoms with Crippen LogP contribution in [0.1, 0.15) is 0 Å². The summed E-state index contributed by atoms with van der Waals surface area (Å²) in [6.45, 7) is 0. The molecule has 3 heterocycles. The molecule has 0 unspecified atom stereocenters. The monoisotopic (exact) mass is 718 g/mol. The van der Waals surface area contributed by atoms with Gasteiger partial charge in [0, 0.05) is 49.4 Å². The number of hydrogen-bond acceptors (Lipinski definition) is 5. The number of benzene rings is 9. The summed E-state index contributed by atoms with van der Waals surface area (Å²) in [4.78, 5) is 4.02. The molecule has 262 valence electrons. The lowest BCUT2D eigenvalue weighted by Crippen LogP contribution is -2.10. The first kappa shape index (κ1) is 30.7. The van der Waals surface area contributed by atoms with Gasteiger partial charge in [-0.15, -0.1) is 10.2 Å². The predicted octanol–water partition coefficient (Wildman–Crippen LogP) is 13.7. The van der Waals surface area contributed by atoms with Gasteiger partial charge in [-0.2, -0.15) is 4.80 Å². The summed E-state index contributed by atoms with van der Waals surface area (Å²) < 4.78 is 12.8. The average Bonchev–Trinajstić information content (AvgIpc) is 3.98. The third-order valence-electron chi connectivity index (χ3n) is 11.0. The average molecular weight is 719 g/mol. The summed E-state index contributed by atoms with van der Waals surface area (Å²) in [5.41, 5.74) is 11.7. The Labute approximate surface area is 320 Å². The summed E-state index contributed by atoms with van der Waals surface area (Å²) in [5, 5.41) is 18.2. The van der Waals surface area contributed by atoms with Crippen molar-refractivity contribution in [2.45, 2.75) is 0 Å². The van der Waals surface area contributed by atoms with Gasteiger partial charge >= 0.3 is 0 Å². The Morgan fingerprint density at radius 2 is 0.821 bits per heavy atom. The molecule has 12 aromatic rings. The van der Waals surface area contributed by atoms with Crippen molar-refractivity contribution < 1.29 is 8.83 Å². The van der Waals surface area contributed by atoms with Gasteiger partial charge in [0.1, 0.15) is 33.4 Å².